The summed E-state index contributed by atoms with van der Waals surface area (Å²) in [7, 11) is 1.69. The lowest BCUT2D eigenvalue weighted by molar-refractivity contribution is -0.147. The zero-order chi connectivity index (χ0) is 16.4. The molecule has 4 nitrogen and oxygen atoms in total. The number of carbonyl (C=O) groups excluding carboxylic acids is 1. The van der Waals surface area contributed by atoms with Crippen LogP contribution in [0.3, 0.4) is 0 Å². The van der Waals surface area contributed by atoms with Crippen LogP contribution >= 0.6 is 0 Å². The molecule has 0 spiro atoms. The number of aryl methyl sites for hydroxylation is 1. The second kappa shape index (κ2) is 6.41. The van der Waals surface area contributed by atoms with Gasteiger partial charge in [0, 0.05) is 10.9 Å². The third-order valence-electron chi connectivity index (χ3n) is 4.17. The molecule has 0 fully saturated rings. The minimum Gasteiger partial charge on any atom is -0.496 e. The molecular formula is C19H21NO3. The van der Waals surface area contributed by atoms with Crippen molar-refractivity contribution in [2.45, 2.75) is 33.1 Å². The van der Waals surface area contributed by atoms with Crippen molar-refractivity contribution in [1.29, 1.82) is 0 Å². The maximum absolute atomic E-state index is 11.7. The van der Waals surface area contributed by atoms with Crippen molar-refractivity contribution in [3.05, 3.63) is 41.5 Å². The van der Waals surface area contributed by atoms with Gasteiger partial charge in [-0.2, -0.15) is 0 Å². The number of ether oxygens (including phenoxy) is 1. The summed E-state index contributed by atoms with van der Waals surface area (Å²) in [4.78, 5) is 16.8. The van der Waals surface area contributed by atoms with Gasteiger partial charge in [-0.15, -0.1) is 0 Å². The summed E-state index contributed by atoms with van der Waals surface area (Å²) in [6.45, 7) is 3.61. The predicted molar refractivity (Wildman–Crippen MR) is 90.9 cm³/mol. The number of methoxy groups -OCH3 is 1. The van der Waals surface area contributed by atoms with Crippen LogP contribution in [0.15, 0.2) is 35.5 Å². The van der Waals surface area contributed by atoms with Gasteiger partial charge >= 0.3 is 5.97 Å². The van der Waals surface area contributed by atoms with Gasteiger partial charge in [-0.1, -0.05) is 43.3 Å². The minimum atomic E-state index is -0.303. The molecule has 23 heavy (non-hydrogen) atoms. The number of rotatable bonds is 3. The molecule has 0 bridgehead atoms. The lowest BCUT2D eigenvalue weighted by atomic mass is 9.86. The molecule has 1 aliphatic carbocycles. The van der Waals surface area contributed by atoms with Crippen molar-refractivity contribution >= 4 is 22.5 Å². The highest BCUT2D eigenvalue weighted by atomic mass is 16.7. The Balaban J connectivity index is 2.12. The van der Waals surface area contributed by atoms with Crippen LogP contribution in [0.1, 0.15) is 37.8 Å². The molecule has 4 heteroatoms. The van der Waals surface area contributed by atoms with E-state index in [0.717, 1.165) is 47.1 Å². The van der Waals surface area contributed by atoms with Crippen LogP contribution in [0, 0.1) is 5.92 Å². The third kappa shape index (κ3) is 2.93. The van der Waals surface area contributed by atoms with E-state index in [-0.39, 0.29) is 11.9 Å². The van der Waals surface area contributed by atoms with Gasteiger partial charge in [0.15, 0.2) is 0 Å². The van der Waals surface area contributed by atoms with Crippen molar-refractivity contribution in [1.82, 2.24) is 0 Å². The van der Waals surface area contributed by atoms with Crippen molar-refractivity contribution in [2.75, 3.05) is 7.11 Å². The van der Waals surface area contributed by atoms with Crippen LogP contribution in [-0.2, 0) is 16.1 Å². The first kappa shape index (κ1) is 15.5. The molecule has 0 aliphatic heterocycles. The van der Waals surface area contributed by atoms with Crippen LogP contribution in [0.25, 0.3) is 10.8 Å². The molecule has 120 valence electrons. The molecule has 0 atom stereocenters. The minimum absolute atomic E-state index is 0.185. The highest BCUT2D eigenvalue weighted by Gasteiger charge is 2.22. The molecule has 0 N–H and O–H groups in total. The van der Waals surface area contributed by atoms with E-state index in [4.69, 9.17) is 9.57 Å². The number of carbonyl (C=O) groups is 1. The Morgan fingerprint density at radius 3 is 2.61 bits per heavy atom. The van der Waals surface area contributed by atoms with Crippen LogP contribution < -0.4 is 4.74 Å². The molecule has 2 aromatic rings. The van der Waals surface area contributed by atoms with Gasteiger partial charge in [0.25, 0.3) is 0 Å². The topological polar surface area (TPSA) is 47.9 Å². The SMILES string of the molecule is COc1cc2c(c3ccccc13)/C(=N/OC(=O)C(C)C)CCC2. The Morgan fingerprint density at radius 1 is 1.17 bits per heavy atom. The van der Waals surface area contributed by atoms with Crippen molar-refractivity contribution in [3.63, 3.8) is 0 Å². The third-order valence-corrected chi connectivity index (χ3v) is 4.17. The second-order valence-electron chi connectivity index (χ2n) is 6.12. The summed E-state index contributed by atoms with van der Waals surface area (Å²) in [6, 6.07) is 10.2. The quantitative estimate of drug-likeness (QED) is 0.633. The Labute approximate surface area is 136 Å². The van der Waals surface area contributed by atoms with Gasteiger partial charge in [-0.25, -0.2) is 4.79 Å². The molecule has 0 amide bonds. The van der Waals surface area contributed by atoms with Gasteiger partial charge in [0.1, 0.15) is 5.75 Å². The van der Waals surface area contributed by atoms with Gasteiger partial charge in [-0.05, 0) is 36.3 Å². The molecule has 0 radical (unpaired) electrons. The number of nitrogens with zero attached hydrogens (tertiary/aromatic N) is 1. The molecule has 0 saturated heterocycles. The predicted octanol–water partition coefficient (Wildman–Crippen LogP) is 4.09. The van der Waals surface area contributed by atoms with Gasteiger partial charge in [0.2, 0.25) is 0 Å². The van der Waals surface area contributed by atoms with Crippen molar-refractivity contribution < 1.29 is 14.4 Å². The Hall–Kier alpha value is -2.36. The van der Waals surface area contributed by atoms with E-state index in [1.807, 2.05) is 18.2 Å². The number of fused-ring (bicyclic) bond motifs is 3. The lowest BCUT2D eigenvalue weighted by Crippen LogP contribution is -2.16. The fourth-order valence-corrected chi connectivity index (χ4v) is 2.97. The Bertz CT molecular complexity index is 778. The van der Waals surface area contributed by atoms with E-state index >= 15 is 0 Å². The van der Waals surface area contributed by atoms with Crippen LogP contribution in [0.2, 0.25) is 0 Å². The summed E-state index contributed by atoms with van der Waals surface area (Å²) < 4.78 is 5.53. The van der Waals surface area contributed by atoms with Crippen LogP contribution in [0.5, 0.6) is 5.75 Å². The summed E-state index contributed by atoms with van der Waals surface area (Å²) >= 11 is 0. The van der Waals surface area contributed by atoms with E-state index in [9.17, 15) is 4.79 Å². The summed E-state index contributed by atoms with van der Waals surface area (Å²) in [5.41, 5.74) is 3.13. The summed E-state index contributed by atoms with van der Waals surface area (Å²) in [6.07, 6.45) is 2.79. The standard InChI is InChI=1S/C19H21NO3/c1-12(2)19(21)23-20-16-10-6-7-13-11-17(22-3)14-8-4-5-9-15(14)18(13)16/h4-5,8-9,11-12H,6-7,10H2,1-3H3/b20-16+. The first-order valence-electron chi connectivity index (χ1n) is 7.98. The zero-order valence-electron chi connectivity index (χ0n) is 13.8. The Kier molecular flexibility index (Phi) is 4.33. The van der Waals surface area contributed by atoms with Crippen LogP contribution in [0.4, 0.5) is 0 Å². The first-order valence-corrected chi connectivity index (χ1v) is 7.98. The number of hydrogen-bond acceptors (Lipinski definition) is 4. The molecule has 1 aliphatic rings. The molecule has 2 aromatic carbocycles. The fourth-order valence-electron chi connectivity index (χ4n) is 2.97. The fraction of sp³-hybridized carbons (Fsp3) is 0.368. The molecule has 3 rings (SSSR count). The average Bonchev–Trinajstić information content (AvgIpc) is 2.58. The summed E-state index contributed by atoms with van der Waals surface area (Å²) in [5, 5.41) is 6.33. The maximum Gasteiger partial charge on any atom is 0.337 e. The Morgan fingerprint density at radius 2 is 1.91 bits per heavy atom. The van der Waals surface area contributed by atoms with Crippen molar-refractivity contribution in [2.24, 2.45) is 11.1 Å². The van der Waals surface area contributed by atoms with E-state index in [0.29, 0.717) is 0 Å². The first-order chi connectivity index (χ1) is 11.1. The van der Waals surface area contributed by atoms with E-state index in [1.165, 1.54) is 5.56 Å². The van der Waals surface area contributed by atoms with E-state index in [2.05, 4.69) is 17.3 Å². The van der Waals surface area contributed by atoms with Gasteiger partial charge in [-0.3, -0.25) is 0 Å². The van der Waals surface area contributed by atoms with Gasteiger partial charge in [0.05, 0.1) is 18.7 Å². The number of hydrogen-bond donors (Lipinski definition) is 0. The zero-order valence-corrected chi connectivity index (χ0v) is 13.8. The van der Waals surface area contributed by atoms with E-state index < -0.39 is 0 Å². The summed E-state index contributed by atoms with van der Waals surface area (Å²) in [5.74, 6) is 0.386. The smallest absolute Gasteiger partial charge is 0.337 e. The molecule has 0 unspecified atom stereocenters. The lowest BCUT2D eigenvalue weighted by Gasteiger charge is -2.21. The molecule has 0 saturated carbocycles. The van der Waals surface area contributed by atoms with Crippen LogP contribution in [-0.4, -0.2) is 18.8 Å². The maximum atomic E-state index is 11.7. The number of oxime groups is 1. The van der Waals surface area contributed by atoms with Gasteiger partial charge < -0.3 is 9.57 Å². The normalized spacial score (nSPS) is 15.7. The highest BCUT2D eigenvalue weighted by Crippen LogP contribution is 2.35. The van der Waals surface area contributed by atoms with Crippen molar-refractivity contribution in [3.8, 4) is 5.75 Å². The monoisotopic (exact) mass is 311 g/mol. The average molecular weight is 311 g/mol. The second-order valence-corrected chi connectivity index (χ2v) is 6.12. The highest BCUT2D eigenvalue weighted by molar-refractivity contribution is 6.14. The largest absolute Gasteiger partial charge is 0.496 e. The number of benzene rings is 2. The molecule has 0 aromatic heterocycles. The molecular weight excluding hydrogens is 290 g/mol. The van der Waals surface area contributed by atoms with E-state index in [1.54, 1.807) is 21.0 Å². The molecule has 0 heterocycles.